The first-order valence-electron chi connectivity index (χ1n) is 9.77. The summed E-state index contributed by atoms with van der Waals surface area (Å²) in [6, 6.07) is 17.6. The largest absolute Gasteiger partial charge is 0.361 e. The van der Waals surface area contributed by atoms with E-state index in [1.165, 1.54) is 11.3 Å². The van der Waals surface area contributed by atoms with Gasteiger partial charge in [-0.05, 0) is 54.1 Å². The van der Waals surface area contributed by atoms with E-state index in [0.717, 1.165) is 23.4 Å². The van der Waals surface area contributed by atoms with Crippen LogP contribution in [0.15, 0.2) is 60.0 Å². The molecule has 1 atom stereocenters. The van der Waals surface area contributed by atoms with Gasteiger partial charge in [-0.1, -0.05) is 41.9 Å². The van der Waals surface area contributed by atoms with E-state index in [4.69, 9.17) is 11.6 Å². The summed E-state index contributed by atoms with van der Waals surface area (Å²) in [5.41, 5.74) is 3.75. The van der Waals surface area contributed by atoms with Crippen LogP contribution >= 0.6 is 22.9 Å². The molecule has 0 bridgehead atoms. The molecule has 3 aromatic rings. The molecule has 154 valence electrons. The van der Waals surface area contributed by atoms with Crippen LogP contribution in [0.25, 0.3) is 0 Å². The maximum atomic E-state index is 12.5. The lowest BCUT2D eigenvalue weighted by atomic mass is 10.1. The van der Waals surface area contributed by atoms with Crippen molar-refractivity contribution in [1.82, 2.24) is 5.32 Å². The van der Waals surface area contributed by atoms with E-state index in [1.807, 2.05) is 23.6 Å². The van der Waals surface area contributed by atoms with E-state index >= 15 is 0 Å². The zero-order valence-corrected chi connectivity index (χ0v) is 18.1. The van der Waals surface area contributed by atoms with Crippen molar-refractivity contribution in [3.63, 3.8) is 0 Å². The van der Waals surface area contributed by atoms with Gasteiger partial charge in [0.25, 0.3) is 0 Å². The summed E-state index contributed by atoms with van der Waals surface area (Å²) < 4.78 is 0. The lowest BCUT2D eigenvalue weighted by Gasteiger charge is -2.30. The minimum absolute atomic E-state index is 0.0293. The molecule has 0 saturated carbocycles. The topological polar surface area (TPSA) is 61.4 Å². The Morgan fingerprint density at radius 1 is 1.10 bits per heavy atom. The van der Waals surface area contributed by atoms with Crippen molar-refractivity contribution in [3.8, 4) is 0 Å². The van der Waals surface area contributed by atoms with Crippen molar-refractivity contribution in [1.29, 1.82) is 0 Å². The molecular weight excluding hydrogens is 418 g/mol. The molecule has 1 unspecified atom stereocenters. The van der Waals surface area contributed by atoms with Crippen LogP contribution in [-0.2, 0) is 16.0 Å². The standard InChI is InChI=1S/C23H22ClN3O2S/c1-15-17(24)7-4-8-18(15)26-23(29)22(28)25-14-20(21-10-5-13-30-21)27-12-11-16-6-2-3-9-19(16)27/h2-10,13,20H,11-12,14H2,1H3,(H,25,28)(H,26,29). The summed E-state index contributed by atoms with van der Waals surface area (Å²) in [7, 11) is 0. The monoisotopic (exact) mass is 439 g/mol. The molecule has 0 aliphatic carbocycles. The molecule has 0 saturated heterocycles. The number of fused-ring (bicyclic) bond motifs is 1. The SMILES string of the molecule is Cc1c(Cl)cccc1NC(=O)C(=O)NCC(c1cccs1)N1CCc2ccccc21. The number of anilines is 2. The Morgan fingerprint density at radius 3 is 2.73 bits per heavy atom. The number of nitrogens with one attached hydrogen (secondary N) is 2. The lowest BCUT2D eigenvalue weighted by Crippen LogP contribution is -2.41. The Kier molecular flexibility index (Phi) is 6.06. The summed E-state index contributed by atoms with van der Waals surface area (Å²) in [5.74, 6) is -1.37. The van der Waals surface area contributed by atoms with Crippen LogP contribution < -0.4 is 15.5 Å². The first-order chi connectivity index (χ1) is 14.5. The van der Waals surface area contributed by atoms with Gasteiger partial charge in [0, 0.05) is 34.4 Å². The number of halogens is 1. The van der Waals surface area contributed by atoms with Crippen molar-refractivity contribution in [2.45, 2.75) is 19.4 Å². The van der Waals surface area contributed by atoms with E-state index in [0.29, 0.717) is 17.3 Å². The fraction of sp³-hybridized carbons (Fsp3) is 0.217. The number of hydrogen-bond acceptors (Lipinski definition) is 4. The molecular formula is C23H22ClN3O2S. The van der Waals surface area contributed by atoms with E-state index in [1.54, 1.807) is 36.5 Å². The summed E-state index contributed by atoms with van der Waals surface area (Å²) >= 11 is 7.74. The molecule has 2 aromatic carbocycles. The summed E-state index contributed by atoms with van der Waals surface area (Å²) in [5, 5.41) is 8.03. The highest BCUT2D eigenvalue weighted by atomic mass is 35.5. The predicted octanol–water partition coefficient (Wildman–Crippen LogP) is 4.57. The van der Waals surface area contributed by atoms with Gasteiger partial charge in [0.05, 0.1) is 6.04 Å². The minimum atomic E-state index is -0.702. The second-order valence-corrected chi connectivity index (χ2v) is 8.57. The van der Waals surface area contributed by atoms with Gasteiger partial charge in [-0.3, -0.25) is 9.59 Å². The number of hydrogen-bond donors (Lipinski definition) is 2. The van der Waals surface area contributed by atoms with Crippen molar-refractivity contribution in [2.75, 3.05) is 23.3 Å². The smallest absolute Gasteiger partial charge is 0.313 e. The van der Waals surface area contributed by atoms with Crippen molar-refractivity contribution in [3.05, 3.63) is 81.0 Å². The zero-order chi connectivity index (χ0) is 21.1. The van der Waals surface area contributed by atoms with Gasteiger partial charge >= 0.3 is 11.8 Å². The van der Waals surface area contributed by atoms with Gasteiger partial charge in [0.1, 0.15) is 0 Å². The molecule has 2 N–H and O–H groups in total. The normalized spacial score (nSPS) is 13.6. The third-order valence-electron chi connectivity index (χ3n) is 5.35. The molecule has 30 heavy (non-hydrogen) atoms. The Morgan fingerprint density at radius 2 is 1.93 bits per heavy atom. The third-order valence-corrected chi connectivity index (χ3v) is 6.73. The van der Waals surface area contributed by atoms with Gasteiger partial charge in [-0.15, -0.1) is 11.3 Å². The first kappa shape index (κ1) is 20.4. The minimum Gasteiger partial charge on any atom is -0.361 e. The number of carbonyl (C=O) groups is 2. The van der Waals surface area contributed by atoms with Crippen LogP contribution in [-0.4, -0.2) is 24.9 Å². The Hall–Kier alpha value is -2.83. The second-order valence-electron chi connectivity index (χ2n) is 7.18. The highest BCUT2D eigenvalue weighted by molar-refractivity contribution is 7.10. The molecule has 5 nitrogen and oxygen atoms in total. The molecule has 1 aromatic heterocycles. The maximum absolute atomic E-state index is 12.5. The molecule has 0 radical (unpaired) electrons. The summed E-state index contributed by atoms with van der Waals surface area (Å²) in [6.07, 6.45) is 0.973. The molecule has 7 heteroatoms. The molecule has 2 amide bonds. The quantitative estimate of drug-likeness (QED) is 0.572. The van der Waals surface area contributed by atoms with Crippen molar-refractivity contribution < 1.29 is 9.59 Å². The average Bonchev–Trinajstić information content (AvgIpc) is 3.42. The van der Waals surface area contributed by atoms with Crippen molar-refractivity contribution in [2.24, 2.45) is 0 Å². The number of para-hydroxylation sites is 1. The number of amides is 2. The molecule has 1 aliphatic rings. The Balaban J connectivity index is 1.46. The van der Waals surface area contributed by atoms with Gasteiger partial charge < -0.3 is 15.5 Å². The van der Waals surface area contributed by atoms with E-state index < -0.39 is 11.8 Å². The Labute approximate surface area is 184 Å². The van der Waals surface area contributed by atoms with Gasteiger partial charge in [-0.2, -0.15) is 0 Å². The number of thiophene rings is 1. The van der Waals surface area contributed by atoms with Crippen LogP contribution in [0, 0.1) is 6.92 Å². The number of benzene rings is 2. The van der Waals surface area contributed by atoms with Crippen LogP contribution in [0.3, 0.4) is 0 Å². The number of rotatable bonds is 5. The number of nitrogens with zero attached hydrogens (tertiary/aromatic N) is 1. The first-order valence-corrected chi connectivity index (χ1v) is 11.0. The maximum Gasteiger partial charge on any atom is 0.313 e. The second kappa shape index (κ2) is 8.90. The molecule has 1 aliphatic heterocycles. The van der Waals surface area contributed by atoms with Crippen LogP contribution in [0.2, 0.25) is 5.02 Å². The number of carbonyl (C=O) groups excluding carboxylic acids is 2. The van der Waals surface area contributed by atoms with Crippen molar-refractivity contribution >= 4 is 46.1 Å². The highest BCUT2D eigenvalue weighted by Crippen LogP contribution is 2.36. The summed E-state index contributed by atoms with van der Waals surface area (Å²) in [6.45, 7) is 3.02. The van der Waals surface area contributed by atoms with E-state index in [2.05, 4.69) is 33.7 Å². The fourth-order valence-electron chi connectivity index (χ4n) is 3.72. The average molecular weight is 440 g/mol. The van der Waals surface area contributed by atoms with E-state index in [-0.39, 0.29) is 6.04 Å². The van der Waals surface area contributed by atoms with Crippen LogP contribution in [0.1, 0.15) is 22.0 Å². The summed E-state index contributed by atoms with van der Waals surface area (Å²) in [4.78, 5) is 28.4. The zero-order valence-electron chi connectivity index (χ0n) is 16.5. The molecule has 4 rings (SSSR count). The molecule has 2 heterocycles. The molecule has 0 fully saturated rings. The van der Waals surface area contributed by atoms with Gasteiger partial charge in [0.15, 0.2) is 0 Å². The van der Waals surface area contributed by atoms with Gasteiger partial charge in [-0.25, -0.2) is 0 Å². The third kappa shape index (κ3) is 4.20. The molecule has 0 spiro atoms. The Bertz CT molecular complexity index is 1070. The lowest BCUT2D eigenvalue weighted by molar-refractivity contribution is -0.136. The highest BCUT2D eigenvalue weighted by Gasteiger charge is 2.28. The van der Waals surface area contributed by atoms with Crippen LogP contribution in [0.5, 0.6) is 0 Å². The fourth-order valence-corrected chi connectivity index (χ4v) is 4.74. The van der Waals surface area contributed by atoms with E-state index in [9.17, 15) is 9.59 Å². The van der Waals surface area contributed by atoms with Crippen LogP contribution in [0.4, 0.5) is 11.4 Å². The van der Waals surface area contributed by atoms with Gasteiger partial charge in [0.2, 0.25) is 0 Å². The predicted molar refractivity (Wildman–Crippen MR) is 122 cm³/mol.